The number of aliphatic hydroxyl groups is 1. The number of carbonyl (C=O) groups is 1. The SMILES string of the molecule is CCNC(CSC(C)CCO)C(=O)OC. The first kappa shape index (κ1) is 14.7. The fourth-order valence-electron chi connectivity index (χ4n) is 1.12. The van der Waals surface area contributed by atoms with Crippen molar-refractivity contribution in [2.75, 3.05) is 26.0 Å². The van der Waals surface area contributed by atoms with Crippen LogP contribution in [0.1, 0.15) is 20.3 Å². The van der Waals surface area contributed by atoms with Crippen LogP contribution in [0, 0.1) is 0 Å². The Hall–Kier alpha value is -0.260. The number of hydrogen-bond acceptors (Lipinski definition) is 5. The quantitative estimate of drug-likeness (QED) is 0.605. The van der Waals surface area contributed by atoms with Gasteiger partial charge in [0.25, 0.3) is 0 Å². The van der Waals surface area contributed by atoms with Gasteiger partial charge in [0.15, 0.2) is 0 Å². The lowest BCUT2D eigenvalue weighted by molar-refractivity contribution is -0.142. The highest BCUT2D eigenvalue weighted by atomic mass is 32.2. The molecule has 2 N–H and O–H groups in total. The summed E-state index contributed by atoms with van der Waals surface area (Å²) in [6.45, 7) is 4.94. The highest BCUT2D eigenvalue weighted by Crippen LogP contribution is 2.15. The van der Waals surface area contributed by atoms with E-state index >= 15 is 0 Å². The molecule has 0 spiro atoms. The van der Waals surface area contributed by atoms with Crippen LogP contribution in [-0.4, -0.2) is 48.4 Å². The molecule has 0 fully saturated rings. The number of hydrogen-bond donors (Lipinski definition) is 2. The summed E-state index contributed by atoms with van der Waals surface area (Å²) in [4.78, 5) is 11.3. The van der Waals surface area contributed by atoms with Crippen LogP contribution in [-0.2, 0) is 9.53 Å². The third kappa shape index (κ3) is 6.76. The molecule has 0 radical (unpaired) electrons. The average molecular weight is 235 g/mol. The number of esters is 1. The van der Waals surface area contributed by atoms with E-state index in [1.165, 1.54) is 7.11 Å². The van der Waals surface area contributed by atoms with Crippen LogP contribution in [0.25, 0.3) is 0 Å². The second kappa shape index (κ2) is 9.00. The van der Waals surface area contributed by atoms with Crippen molar-refractivity contribution in [3.63, 3.8) is 0 Å². The van der Waals surface area contributed by atoms with Crippen molar-refractivity contribution in [2.24, 2.45) is 0 Å². The van der Waals surface area contributed by atoms with Crippen LogP contribution in [0.4, 0.5) is 0 Å². The molecule has 0 saturated heterocycles. The first-order chi connectivity index (χ1) is 7.15. The Morgan fingerprint density at radius 1 is 1.60 bits per heavy atom. The number of rotatable bonds is 8. The molecule has 0 amide bonds. The number of carbonyl (C=O) groups excluding carboxylic acids is 1. The predicted octanol–water partition coefficient (Wildman–Crippen LogP) is 0.642. The van der Waals surface area contributed by atoms with Crippen molar-refractivity contribution in [3.05, 3.63) is 0 Å². The summed E-state index contributed by atoms with van der Waals surface area (Å²) in [6.07, 6.45) is 0.755. The lowest BCUT2D eigenvalue weighted by Gasteiger charge is -2.17. The highest BCUT2D eigenvalue weighted by molar-refractivity contribution is 7.99. The lowest BCUT2D eigenvalue weighted by atomic mass is 10.3. The van der Waals surface area contributed by atoms with Gasteiger partial charge in [-0.15, -0.1) is 0 Å². The Morgan fingerprint density at radius 2 is 2.27 bits per heavy atom. The third-order valence-corrected chi connectivity index (χ3v) is 3.35. The van der Waals surface area contributed by atoms with Gasteiger partial charge >= 0.3 is 5.97 Å². The third-order valence-electron chi connectivity index (χ3n) is 2.02. The zero-order valence-electron chi connectivity index (χ0n) is 9.66. The van der Waals surface area contributed by atoms with Crippen molar-refractivity contribution < 1.29 is 14.6 Å². The van der Waals surface area contributed by atoms with E-state index in [2.05, 4.69) is 5.32 Å². The smallest absolute Gasteiger partial charge is 0.323 e. The van der Waals surface area contributed by atoms with Gasteiger partial charge < -0.3 is 15.2 Å². The second-order valence-electron chi connectivity index (χ2n) is 3.29. The molecule has 5 heteroatoms. The summed E-state index contributed by atoms with van der Waals surface area (Å²) in [5, 5.41) is 12.2. The summed E-state index contributed by atoms with van der Waals surface area (Å²) in [5.41, 5.74) is 0. The second-order valence-corrected chi connectivity index (χ2v) is 4.76. The van der Waals surface area contributed by atoms with Gasteiger partial charge in [0, 0.05) is 17.6 Å². The molecule has 0 heterocycles. The topological polar surface area (TPSA) is 58.6 Å². The van der Waals surface area contributed by atoms with Gasteiger partial charge in [-0.25, -0.2) is 0 Å². The molecule has 0 aromatic rings. The predicted molar refractivity (Wildman–Crippen MR) is 63.1 cm³/mol. The van der Waals surface area contributed by atoms with Crippen LogP contribution in [0.15, 0.2) is 0 Å². The van der Waals surface area contributed by atoms with Crippen LogP contribution in [0.3, 0.4) is 0 Å². The molecule has 0 aliphatic heterocycles. The fourth-order valence-corrected chi connectivity index (χ4v) is 2.17. The number of thioether (sulfide) groups is 1. The van der Waals surface area contributed by atoms with E-state index in [1.54, 1.807) is 11.8 Å². The van der Waals surface area contributed by atoms with Crippen molar-refractivity contribution in [1.29, 1.82) is 0 Å². The van der Waals surface area contributed by atoms with E-state index in [9.17, 15) is 4.79 Å². The van der Waals surface area contributed by atoms with Crippen LogP contribution in [0.2, 0.25) is 0 Å². The van der Waals surface area contributed by atoms with Gasteiger partial charge in [0.2, 0.25) is 0 Å². The van der Waals surface area contributed by atoms with E-state index < -0.39 is 0 Å². The summed E-state index contributed by atoms with van der Waals surface area (Å²) >= 11 is 1.67. The van der Waals surface area contributed by atoms with E-state index in [1.807, 2.05) is 13.8 Å². The van der Waals surface area contributed by atoms with E-state index in [0.29, 0.717) is 11.0 Å². The first-order valence-electron chi connectivity index (χ1n) is 5.19. The number of ether oxygens (including phenoxy) is 1. The number of nitrogens with one attached hydrogen (secondary N) is 1. The van der Waals surface area contributed by atoms with Gasteiger partial charge in [-0.2, -0.15) is 11.8 Å². The fraction of sp³-hybridized carbons (Fsp3) is 0.900. The van der Waals surface area contributed by atoms with E-state index in [4.69, 9.17) is 9.84 Å². The minimum Gasteiger partial charge on any atom is -0.468 e. The molecule has 0 aliphatic rings. The Kier molecular flexibility index (Phi) is 8.85. The first-order valence-corrected chi connectivity index (χ1v) is 6.24. The van der Waals surface area contributed by atoms with Crippen LogP contribution < -0.4 is 5.32 Å². The maximum Gasteiger partial charge on any atom is 0.323 e. The summed E-state index contributed by atoms with van der Waals surface area (Å²) in [7, 11) is 1.40. The van der Waals surface area contributed by atoms with Gasteiger partial charge in [0.05, 0.1) is 7.11 Å². The van der Waals surface area contributed by atoms with Crippen molar-refractivity contribution in [2.45, 2.75) is 31.6 Å². The summed E-state index contributed by atoms with van der Waals surface area (Å²) in [5.74, 6) is 0.461. The molecule has 0 aromatic heterocycles. The lowest BCUT2D eigenvalue weighted by Crippen LogP contribution is -2.39. The van der Waals surface area contributed by atoms with Crippen molar-refractivity contribution in [3.8, 4) is 0 Å². The number of likely N-dealkylation sites (N-methyl/N-ethyl adjacent to an activating group) is 1. The molecule has 2 unspecified atom stereocenters. The standard InChI is InChI=1S/C10H21NO3S/c1-4-11-9(10(13)14-3)7-15-8(2)5-6-12/h8-9,11-12H,4-7H2,1-3H3. The molecular weight excluding hydrogens is 214 g/mol. The van der Waals surface area contributed by atoms with Gasteiger partial charge in [-0.1, -0.05) is 13.8 Å². The van der Waals surface area contributed by atoms with Crippen molar-refractivity contribution >= 4 is 17.7 Å². The number of aliphatic hydroxyl groups excluding tert-OH is 1. The van der Waals surface area contributed by atoms with Crippen molar-refractivity contribution in [1.82, 2.24) is 5.32 Å². The largest absolute Gasteiger partial charge is 0.468 e. The summed E-state index contributed by atoms with van der Waals surface area (Å²) < 4.78 is 4.69. The molecule has 2 atom stereocenters. The molecule has 0 rings (SSSR count). The van der Waals surface area contributed by atoms with E-state index in [-0.39, 0.29) is 18.6 Å². The Labute approximate surface area is 95.8 Å². The molecule has 0 aliphatic carbocycles. The Bertz CT molecular complexity index is 178. The molecular formula is C10H21NO3S. The molecule has 90 valence electrons. The zero-order chi connectivity index (χ0) is 11.7. The van der Waals surface area contributed by atoms with Gasteiger partial charge in [-0.05, 0) is 13.0 Å². The molecule has 15 heavy (non-hydrogen) atoms. The van der Waals surface area contributed by atoms with Crippen LogP contribution >= 0.6 is 11.8 Å². The Morgan fingerprint density at radius 3 is 2.73 bits per heavy atom. The number of methoxy groups -OCH3 is 1. The highest BCUT2D eigenvalue weighted by Gasteiger charge is 2.18. The Balaban J connectivity index is 3.89. The molecule has 4 nitrogen and oxygen atoms in total. The molecule has 0 aromatic carbocycles. The average Bonchev–Trinajstić information content (AvgIpc) is 2.23. The minimum atomic E-state index is -0.244. The molecule has 0 bridgehead atoms. The van der Waals surface area contributed by atoms with Gasteiger partial charge in [-0.3, -0.25) is 4.79 Å². The normalized spacial score (nSPS) is 14.7. The summed E-state index contributed by atoms with van der Waals surface area (Å²) in [6, 6.07) is -0.244. The zero-order valence-corrected chi connectivity index (χ0v) is 10.5. The van der Waals surface area contributed by atoms with Crippen LogP contribution in [0.5, 0.6) is 0 Å². The van der Waals surface area contributed by atoms with Gasteiger partial charge in [0.1, 0.15) is 6.04 Å². The van der Waals surface area contributed by atoms with E-state index in [0.717, 1.165) is 13.0 Å². The monoisotopic (exact) mass is 235 g/mol. The maximum atomic E-state index is 11.3. The minimum absolute atomic E-state index is 0.193. The molecule has 0 saturated carbocycles. The maximum absolute atomic E-state index is 11.3.